The van der Waals surface area contributed by atoms with Crippen LogP contribution >= 0.6 is 0 Å². The van der Waals surface area contributed by atoms with Crippen LogP contribution in [0.25, 0.3) is 0 Å². The van der Waals surface area contributed by atoms with Gasteiger partial charge in [-0.05, 0) is 19.1 Å². The van der Waals surface area contributed by atoms with Gasteiger partial charge in [0, 0.05) is 20.2 Å². The lowest BCUT2D eigenvalue weighted by Gasteiger charge is -2.09. The third-order valence-corrected chi connectivity index (χ3v) is 2.42. The standard InChI is InChI=1S/C12H17N3O4/c1-3-13-10-6-4-5-9(11(10)15(17)18)12(16)14-7-8-19-2/h4-6,13H,3,7-8H2,1-2H3,(H,14,16). The summed E-state index contributed by atoms with van der Waals surface area (Å²) in [7, 11) is 1.51. The Morgan fingerprint density at radius 1 is 1.47 bits per heavy atom. The van der Waals surface area contributed by atoms with Gasteiger partial charge in [0.15, 0.2) is 0 Å². The summed E-state index contributed by atoms with van der Waals surface area (Å²) < 4.78 is 4.81. The van der Waals surface area contributed by atoms with Gasteiger partial charge < -0.3 is 15.4 Å². The van der Waals surface area contributed by atoms with Gasteiger partial charge in [-0.25, -0.2) is 0 Å². The van der Waals surface area contributed by atoms with Crippen molar-refractivity contribution in [2.75, 3.05) is 32.1 Å². The lowest BCUT2D eigenvalue weighted by atomic mass is 10.1. The molecule has 104 valence electrons. The van der Waals surface area contributed by atoms with E-state index in [-0.39, 0.29) is 11.3 Å². The number of anilines is 1. The maximum Gasteiger partial charge on any atom is 0.305 e. The SMILES string of the molecule is CCNc1cccc(C(=O)NCCOC)c1[N+](=O)[O-]. The van der Waals surface area contributed by atoms with Crippen molar-refractivity contribution in [3.8, 4) is 0 Å². The second-order valence-corrected chi connectivity index (χ2v) is 3.74. The van der Waals surface area contributed by atoms with Gasteiger partial charge in [-0.2, -0.15) is 0 Å². The van der Waals surface area contributed by atoms with Crippen molar-refractivity contribution in [2.24, 2.45) is 0 Å². The van der Waals surface area contributed by atoms with Gasteiger partial charge in [-0.1, -0.05) is 6.07 Å². The zero-order valence-electron chi connectivity index (χ0n) is 10.9. The monoisotopic (exact) mass is 267 g/mol. The summed E-state index contributed by atoms with van der Waals surface area (Å²) in [4.78, 5) is 22.5. The second-order valence-electron chi connectivity index (χ2n) is 3.74. The largest absolute Gasteiger partial charge is 0.383 e. The van der Waals surface area contributed by atoms with Crippen molar-refractivity contribution in [1.82, 2.24) is 5.32 Å². The Balaban J connectivity index is 3.02. The summed E-state index contributed by atoms with van der Waals surface area (Å²) in [5, 5.41) is 16.6. The molecule has 1 aromatic carbocycles. The van der Waals surface area contributed by atoms with E-state index in [2.05, 4.69) is 10.6 Å². The highest BCUT2D eigenvalue weighted by atomic mass is 16.6. The molecule has 0 radical (unpaired) electrons. The van der Waals surface area contributed by atoms with Crippen LogP contribution in [-0.4, -0.2) is 37.6 Å². The number of benzene rings is 1. The van der Waals surface area contributed by atoms with E-state index in [4.69, 9.17) is 4.74 Å². The minimum atomic E-state index is -0.552. The molecule has 0 saturated heterocycles. The number of methoxy groups -OCH3 is 1. The molecule has 0 aliphatic heterocycles. The van der Waals surface area contributed by atoms with Crippen LogP contribution in [0, 0.1) is 10.1 Å². The maximum atomic E-state index is 11.9. The van der Waals surface area contributed by atoms with Crippen LogP contribution in [0.2, 0.25) is 0 Å². The summed E-state index contributed by atoms with van der Waals surface area (Å²) >= 11 is 0. The quantitative estimate of drug-likeness (QED) is 0.442. The molecule has 1 amide bonds. The summed E-state index contributed by atoms with van der Waals surface area (Å²) in [6.45, 7) is 3.02. The van der Waals surface area contributed by atoms with Crippen molar-refractivity contribution in [3.63, 3.8) is 0 Å². The number of nitro groups is 1. The summed E-state index contributed by atoms with van der Waals surface area (Å²) in [5.74, 6) is -0.483. The van der Waals surface area contributed by atoms with Crippen molar-refractivity contribution in [2.45, 2.75) is 6.92 Å². The molecule has 0 atom stereocenters. The lowest BCUT2D eigenvalue weighted by Crippen LogP contribution is -2.27. The first kappa shape index (κ1) is 14.9. The Kier molecular flexibility index (Phi) is 5.74. The molecular formula is C12H17N3O4. The zero-order chi connectivity index (χ0) is 14.3. The van der Waals surface area contributed by atoms with E-state index in [1.54, 1.807) is 12.1 Å². The number of nitrogens with one attached hydrogen (secondary N) is 2. The molecule has 0 saturated carbocycles. The van der Waals surface area contributed by atoms with Crippen molar-refractivity contribution in [3.05, 3.63) is 33.9 Å². The van der Waals surface area contributed by atoms with Gasteiger partial charge in [-0.3, -0.25) is 14.9 Å². The first-order chi connectivity index (χ1) is 9.11. The second kappa shape index (κ2) is 7.32. The van der Waals surface area contributed by atoms with Crippen molar-refractivity contribution >= 4 is 17.3 Å². The number of para-hydroxylation sites is 1. The van der Waals surface area contributed by atoms with E-state index < -0.39 is 10.8 Å². The molecule has 0 aliphatic rings. The number of amides is 1. The van der Waals surface area contributed by atoms with Crippen molar-refractivity contribution in [1.29, 1.82) is 0 Å². The van der Waals surface area contributed by atoms with Crippen molar-refractivity contribution < 1.29 is 14.5 Å². The number of rotatable bonds is 7. The molecular weight excluding hydrogens is 250 g/mol. The van der Waals surface area contributed by atoms with Crippen LogP contribution in [0.3, 0.4) is 0 Å². The van der Waals surface area contributed by atoms with Crippen LogP contribution < -0.4 is 10.6 Å². The van der Waals surface area contributed by atoms with E-state index in [1.165, 1.54) is 13.2 Å². The molecule has 1 rings (SSSR count). The third kappa shape index (κ3) is 3.92. The molecule has 19 heavy (non-hydrogen) atoms. The van der Waals surface area contributed by atoms with Gasteiger partial charge in [0.1, 0.15) is 11.3 Å². The van der Waals surface area contributed by atoms with Crippen LogP contribution in [0.1, 0.15) is 17.3 Å². The van der Waals surface area contributed by atoms with E-state index in [0.29, 0.717) is 25.4 Å². The van der Waals surface area contributed by atoms with Gasteiger partial charge in [0.25, 0.3) is 5.91 Å². The van der Waals surface area contributed by atoms with Gasteiger partial charge >= 0.3 is 5.69 Å². The molecule has 0 aliphatic carbocycles. The number of hydrogen-bond acceptors (Lipinski definition) is 5. The van der Waals surface area contributed by atoms with Gasteiger partial charge in [-0.15, -0.1) is 0 Å². The normalized spacial score (nSPS) is 10.0. The molecule has 0 bridgehead atoms. The van der Waals surface area contributed by atoms with Gasteiger partial charge in [0.05, 0.1) is 11.5 Å². The summed E-state index contributed by atoms with van der Waals surface area (Å²) in [6, 6.07) is 4.62. The minimum absolute atomic E-state index is 0.0413. The van der Waals surface area contributed by atoms with Crippen LogP contribution in [-0.2, 0) is 4.74 Å². The summed E-state index contributed by atoms with van der Waals surface area (Å²) in [5.41, 5.74) is 0.172. The number of carbonyl (C=O) groups excluding carboxylic acids is 1. The van der Waals surface area contributed by atoms with E-state index in [0.717, 1.165) is 0 Å². The topological polar surface area (TPSA) is 93.5 Å². The Morgan fingerprint density at radius 3 is 2.79 bits per heavy atom. The van der Waals surface area contributed by atoms with Gasteiger partial charge in [0.2, 0.25) is 0 Å². The first-order valence-electron chi connectivity index (χ1n) is 5.90. The Morgan fingerprint density at radius 2 is 2.21 bits per heavy atom. The molecule has 0 unspecified atom stereocenters. The molecule has 0 spiro atoms. The lowest BCUT2D eigenvalue weighted by molar-refractivity contribution is -0.384. The molecule has 7 nitrogen and oxygen atoms in total. The molecule has 7 heteroatoms. The highest BCUT2D eigenvalue weighted by Crippen LogP contribution is 2.28. The zero-order valence-corrected chi connectivity index (χ0v) is 10.9. The van der Waals surface area contributed by atoms with E-state index >= 15 is 0 Å². The number of carbonyl (C=O) groups is 1. The van der Waals surface area contributed by atoms with Crippen LogP contribution in [0.5, 0.6) is 0 Å². The highest BCUT2D eigenvalue weighted by Gasteiger charge is 2.23. The minimum Gasteiger partial charge on any atom is -0.383 e. The smallest absolute Gasteiger partial charge is 0.305 e. The van der Waals surface area contributed by atoms with Crippen LogP contribution in [0.4, 0.5) is 11.4 Å². The fraction of sp³-hybridized carbons (Fsp3) is 0.417. The first-order valence-corrected chi connectivity index (χ1v) is 5.90. The molecule has 1 aromatic rings. The average Bonchev–Trinajstić information content (AvgIpc) is 2.38. The molecule has 2 N–H and O–H groups in total. The third-order valence-electron chi connectivity index (χ3n) is 2.42. The number of ether oxygens (including phenoxy) is 1. The summed E-state index contributed by atoms with van der Waals surface area (Å²) in [6.07, 6.45) is 0. The predicted molar refractivity (Wildman–Crippen MR) is 71.5 cm³/mol. The maximum absolute atomic E-state index is 11.9. The average molecular weight is 267 g/mol. The number of nitro benzene ring substituents is 1. The fourth-order valence-corrected chi connectivity index (χ4v) is 1.62. The Labute approximate surface area is 111 Å². The van der Waals surface area contributed by atoms with E-state index in [9.17, 15) is 14.9 Å². The molecule has 0 fully saturated rings. The number of hydrogen-bond donors (Lipinski definition) is 2. The fourth-order valence-electron chi connectivity index (χ4n) is 1.62. The van der Waals surface area contributed by atoms with E-state index in [1.807, 2.05) is 6.92 Å². The Hall–Kier alpha value is -2.15. The van der Waals surface area contributed by atoms with Crippen LogP contribution in [0.15, 0.2) is 18.2 Å². The molecule has 0 aromatic heterocycles. The number of nitrogens with zero attached hydrogens (tertiary/aromatic N) is 1. The molecule has 0 heterocycles. The predicted octanol–water partition coefficient (Wildman–Crippen LogP) is 1.40. The Bertz CT molecular complexity index is 462. The highest BCUT2D eigenvalue weighted by molar-refractivity contribution is 6.00.